The van der Waals surface area contributed by atoms with Gasteiger partial charge >= 0.3 is 39.0 Å². The molecule has 4 aromatic carbocycles. The van der Waals surface area contributed by atoms with Gasteiger partial charge in [0.15, 0.2) is 25.2 Å². The van der Waals surface area contributed by atoms with Crippen molar-refractivity contribution >= 4 is 46.4 Å². The smallest absolute Gasteiger partial charge is 0.872 e. The molecule has 0 spiro atoms. The van der Waals surface area contributed by atoms with E-state index in [0.29, 0.717) is 105 Å². The zero-order valence-electron chi connectivity index (χ0n) is 69.3. The van der Waals surface area contributed by atoms with E-state index in [2.05, 4.69) is 234 Å². The van der Waals surface area contributed by atoms with Gasteiger partial charge in [-0.05, 0) is 138 Å². The van der Waals surface area contributed by atoms with Gasteiger partial charge in [-0.1, -0.05) is 215 Å². The Morgan fingerprint density at radius 2 is 0.413 bits per heavy atom. The Balaban J connectivity index is 0.000000671. The molecule has 16 nitrogen and oxygen atoms in total. The molecule has 22 heteroatoms. The van der Waals surface area contributed by atoms with E-state index in [0.717, 1.165) is 44.5 Å². The van der Waals surface area contributed by atoms with Gasteiger partial charge in [-0.15, -0.1) is 69.4 Å². The number of rotatable bonds is 16. The molecule has 4 fully saturated rings. The van der Waals surface area contributed by atoms with Crippen molar-refractivity contribution in [2.45, 2.75) is 261 Å². The van der Waals surface area contributed by atoms with Gasteiger partial charge in [0, 0.05) is 52.4 Å². The van der Waals surface area contributed by atoms with E-state index in [9.17, 15) is 20.4 Å². The standard InChI is InChI=1S/4C20H33NO3.2CH2Cl2.2Zn/c4*1-19(2,3)15-10-14(18(22)16(11-15)20(4,5)6)12-21(7)13-17-23-8-9-24-17;2*2-1-3;;/h4*10-11,17,22H,8-9,12-13H2,1-7H3;2*1H2;;/q;;;;;;2*+2/p-4. The van der Waals surface area contributed by atoms with E-state index in [1.165, 1.54) is 22.3 Å². The van der Waals surface area contributed by atoms with Crippen molar-refractivity contribution in [3.05, 3.63) is 115 Å². The fraction of sp³-hybridized carbons (Fsp3) is 0.707. The first kappa shape index (κ1) is 100. The van der Waals surface area contributed by atoms with E-state index in [4.69, 9.17) is 84.3 Å². The van der Waals surface area contributed by atoms with Crippen molar-refractivity contribution in [3.63, 3.8) is 0 Å². The summed E-state index contributed by atoms with van der Waals surface area (Å²) in [6, 6.07) is 16.7. The average Bonchev–Trinajstić information content (AvgIpc) is 1.21. The van der Waals surface area contributed by atoms with Gasteiger partial charge in [-0.2, -0.15) is 0 Å². The molecule has 0 atom stereocenters. The second kappa shape index (κ2) is 43.7. The Bertz CT molecular complexity index is 2740. The third-order valence-corrected chi connectivity index (χ3v) is 17.7. The van der Waals surface area contributed by atoms with Gasteiger partial charge in [0.1, 0.15) is 0 Å². The van der Waals surface area contributed by atoms with Crippen LogP contribution in [-0.4, -0.2) is 163 Å². The van der Waals surface area contributed by atoms with Crippen LogP contribution >= 0.6 is 46.4 Å². The third kappa shape index (κ3) is 33.9. The van der Waals surface area contributed by atoms with E-state index in [1.807, 2.05) is 28.2 Å². The number of benzene rings is 4. The third-order valence-electron chi connectivity index (χ3n) is 17.7. The maximum absolute atomic E-state index is 13.0. The van der Waals surface area contributed by atoms with Crippen LogP contribution in [0.3, 0.4) is 0 Å². The van der Waals surface area contributed by atoms with Crippen molar-refractivity contribution in [1.29, 1.82) is 0 Å². The van der Waals surface area contributed by atoms with Crippen molar-refractivity contribution in [2.75, 3.05) is 118 Å². The number of ether oxygens (including phenoxy) is 8. The molecule has 0 aliphatic carbocycles. The SMILES string of the molecule is CN(Cc1cc(C(C)(C)C)cc(C(C)(C)C)c1[O-])CC1OCCO1.CN(Cc1cc(C(C)(C)C)cc(C(C)(C)C)c1[O-])CC1OCCO1.CN(Cc1cc(C(C)(C)C)cc(C(C)(C)C)c1[O-])CC1OCCO1.CN(Cc1cc(C(C)(C)C)cc(C(C)(C)C)c1[O-])CC1OCCO1.ClCCl.ClCCl.[Zn+2].[Zn+2]. The van der Waals surface area contributed by atoms with Crippen LogP contribution in [0.2, 0.25) is 0 Å². The average molecular weight is 1640 g/mol. The summed E-state index contributed by atoms with van der Waals surface area (Å²) in [6.45, 7) is 61.8. The van der Waals surface area contributed by atoms with E-state index in [-0.39, 0.29) is 141 Å². The molecular formula is C82H132Cl4N4O12Zn2. The Morgan fingerprint density at radius 3 is 0.529 bits per heavy atom. The molecule has 0 saturated carbocycles. The predicted octanol–water partition coefficient (Wildman–Crippen LogP) is 15.5. The van der Waals surface area contributed by atoms with Crippen molar-refractivity contribution in [1.82, 2.24) is 19.6 Å². The molecule has 0 radical (unpaired) electrons. The van der Waals surface area contributed by atoms with Crippen molar-refractivity contribution in [3.8, 4) is 23.0 Å². The fourth-order valence-corrected chi connectivity index (χ4v) is 11.7. The normalized spacial score (nSPS) is 16.0. The number of hydrogen-bond donors (Lipinski definition) is 0. The summed E-state index contributed by atoms with van der Waals surface area (Å²) in [5.74, 6) is 0.650. The molecule has 4 aliphatic heterocycles. The minimum absolute atomic E-state index is 0. The van der Waals surface area contributed by atoms with Crippen LogP contribution in [0.15, 0.2) is 48.5 Å². The van der Waals surface area contributed by atoms with Crippen LogP contribution in [0.4, 0.5) is 0 Å². The largest absolute Gasteiger partial charge is 2.00 e. The molecule has 0 amide bonds. The van der Waals surface area contributed by atoms with E-state index < -0.39 is 0 Å². The minimum Gasteiger partial charge on any atom is -0.872 e. The summed E-state index contributed by atoms with van der Waals surface area (Å²) in [7, 11) is 8.02. The predicted molar refractivity (Wildman–Crippen MR) is 414 cm³/mol. The zero-order chi connectivity index (χ0) is 77.9. The molecule has 4 aliphatic rings. The van der Waals surface area contributed by atoms with Gasteiger partial charge in [0.2, 0.25) is 0 Å². The Kier molecular flexibility index (Phi) is 42.0. The maximum Gasteiger partial charge on any atom is 2.00 e. The van der Waals surface area contributed by atoms with E-state index in [1.54, 1.807) is 0 Å². The Labute approximate surface area is 675 Å². The first-order valence-corrected chi connectivity index (χ1v) is 38.2. The van der Waals surface area contributed by atoms with E-state index >= 15 is 0 Å². The van der Waals surface area contributed by atoms with Gasteiger partial charge in [0.25, 0.3) is 0 Å². The molecule has 8 rings (SSSR count). The molecule has 4 aromatic rings. The summed E-state index contributed by atoms with van der Waals surface area (Å²) in [5.41, 5.74) is 11.2. The molecule has 104 heavy (non-hydrogen) atoms. The first-order valence-electron chi connectivity index (χ1n) is 36.1. The summed E-state index contributed by atoms with van der Waals surface area (Å²) in [5, 5.41) is 52.3. The maximum atomic E-state index is 13.0. The van der Waals surface area contributed by atoms with Gasteiger partial charge in [-0.3, -0.25) is 19.6 Å². The number of nitrogens with zero attached hydrogens (tertiary/aromatic N) is 4. The Morgan fingerprint density at radius 1 is 0.279 bits per heavy atom. The molecule has 4 heterocycles. The zero-order valence-corrected chi connectivity index (χ0v) is 78.2. The van der Waals surface area contributed by atoms with Crippen LogP contribution in [0.5, 0.6) is 23.0 Å². The summed E-state index contributed by atoms with van der Waals surface area (Å²) in [4.78, 5) is 8.41. The molecule has 0 N–H and O–H groups in total. The second-order valence-electron chi connectivity index (χ2n) is 35.7. The second-order valence-corrected chi connectivity index (χ2v) is 37.3. The topological polar surface area (TPSA) is 179 Å². The monoisotopic (exact) mass is 1630 g/mol. The fourth-order valence-electron chi connectivity index (χ4n) is 11.7. The number of halogens is 4. The van der Waals surface area contributed by atoms with Crippen LogP contribution in [-0.2, 0) is 146 Å². The number of likely N-dealkylation sites (N-methyl/N-ethyl adjacent to an activating group) is 4. The molecule has 0 unspecified atom stereocenters. The van der Waals surface area contributed by atoms with Crippen LogP contribution in [0.1, 0.15) is 233 Å². The van der Waals surface area contributed by atoms with Crippen LogP contribution in [0.25, 0.3) is 0 Å². The summed E-state index contributed by atoms with van der Waals surface area (Å²) < 4.78 is 44.0. The molecular weight excluding hydrogens is 1510 g/mol. The van der Waals surface area contributed by atoms with Crippen molar-refractivity contribution < 1.29 is 97.3 Å². The summed E-state index contributed by atoms with van der Waals surface area (Å²) >= 11 is 19.1. The Hall–Kier alpha value is -1.99. The number of hydrogen-bond acceptors (Lipinski definition) is 16. The molecule has 0 aromatic heterocycles. The minimum atomic E-state index is -0.182. The van der Waals surface area contributed by atoms with Gasteiger partial charge in [0.05, 0.1) is 63.5 Å². The van der Waals surface area contributed by atoms with Crippen LogP contribution in [0, 0.1) is 0 Å². The van der Waals surface area contributed by atoms with Crippen LogP contribution < -0.4 is 20.4 Å². The molecule has 4 saturated heterocycles. The van der Waals surface area contributed by atoms with Crippen molar-refractivity contribution in [2.24, 2.45) is 0 Å². The quantitative estimate of drug-likeness (QED) is 0.0763. The molecule has 584 valence electrons. The summed E-state index contributed by atoms with van der Waals surface area (Å²) in [6.07, 6.45) is -0.730. The van der Waals surface area contributed by atoms with Gasteiger partial charge < -0.3 is 58.3 Å². The number of alkyl halides is 4. The van der Waals surface area contributed by atoms with Gasteiger partial charge in [-0.25, -0.2) is 0 Å². The first-order chi connectivity index (χ1) is 46.8. The molecule has 0 bridgehead atoms.